The van der Waals surface area contributed by atoms with E-state index in [0.717, 1.165) is 10.5 Å². The molecule has 0 aliphatic heterocycles. The molecule has 0 radical (unpaired) electrons. The van der Waals surface area contributed by atoms with Crippen molar-refractivity contribution in [2.75, 3.05) is 24.6 Å². The van der Waals surface area contributed by atoms with Gasteiger partial charge in [0.25, 0.3) is 0 Å². The van der Waals surface area contributed by atoms with Crippen LogP contribution < -0.4 is 4.90 Å². The first-order chi connectivity index (χ1) is 7.42. The van der Waals surface area contributed by atoms with Gasteiger partial charge in [0.15, 0.2) is 5.82 Å². The van der Waals surface area contributed by atoms with Crippen molar-refractivity contribution in [1.82, 2.24) is 10.2 Å². The Labute approximate surface area is 90.7 Å². The predicted molar refractivity (Wildman–Crippen MR) is 52.1 cm³/mol. The summed E-state index contributed by atoms with van der Waals surface area (Å²) in [6.07, 6.45) is -2.88. The number of nitrogens with zero attached hydrogens (tertiary/aromatic N) is 3. The minimum atomic E-state index is -4.33. The topological polar surface area (TPSA) is 49.2 Å². The molecule has 1 N–H and O–H groups in total. The van der Waals surface area contributed by atoms with Crippen LogP contribution in [0.2, 0.25) is 0 Å². The lowest BCUT2D eigenvalue weighted by Crippen LogP contribution is -2.37. The Balaban J connectivity index is 2.85. The molecule has 0 saturated heterocycles. The first-order valence-electron chi connectivity index (χ1n) is 4.64. The largest absolute Gasteiger partial charge is 0.405 e. The van der Waals surface area contributed by atoms with Crippen molar-refractivity contribution in [2.24, 2.45) is 0 Å². The number of aliphatic hydroxyl groups excluding tert-OH is 1. The molecule has 1 aromatic heterocycles. The Morgan fingerprint density at radius 1 is 1.44 bits per heavy atom. The van der Waals surface area contributed by atoms with Gasteiger partial charge in [0.1, 0.15) is 6.54 Å². The molecule has 90 valence electrons. The molecule has 0 spiro atoms. The molecule has 4 nitrogen and oxygen atoms in total. The third-order valence-corrected chi connectivity index (χ3v) is 1.84. The van der Waals surface area contributed by atoms with Crippen LogP contribution >= 0.6 is 0 Å². The van der Waals surface area contributed by atoms with Gasteiger partial charge in [-0.3, -0.25) is 0 Å². The average Bonchev–Trinajstić information content (AvgIpc) is 2.15. The summed E-state index contributed by atoms with van der Waals surface area (Å²) < 4.78 is 36.7. The number of halogens is 3. The Morgan fingerprint density at radius 2 is 2.12 bits per heavy atom. The third kappa shape index (κ3) is 4.01. The lowest BCUT2D eigenvalue weighted by molar-refractivity contribution is -0.120. The van der Waals surface area contributed by atoms with Crippen molar-refractivity contribution in [3.05, 3.63) is 17.8 Å². The monoisotopic (exact) mass is 235 g/mol. The van der Waals surface area contributed by atoms with E-state index in [4.69, 9.17) is 5.11 Å². The average molecular weight is 235 g/mol. The molecule has 0 saturated carbocycles. The molecule has 0 unspecified atom stereocenters. The fraction of sp³-hybridized carbons (Fsp3) is 0.556. The highest BCUT2D eigenvalue weighted by Crippen LogP contribution is 2.20. The van der Waals surface area contributed by atoms with Crippen LogP contribution in [-0.4, -0.2) is 41.2 Å². The van der Waals surface area contributed by atoms with Crippen molar-refractivity contribution in [3.8, 4) is 0 Å². The van der Waals surface area contributed by atoms with Gasteiger partial charge in [-0.05, 0) is 18.6 Å². The van der Waals surface area contributed by atoms with Gasteiger partial charge in [-0.25, -0.2) is 0 Å². The van der Waals surface area contributed by atoms with Crippen LogP contribution in [0.1, 0.15) is 5.56 Å². The first-order valence-corrected chi connectivity index (χ1v) is 4.64. The molecule has 0 aliphatic carbocycles. The summed E-state index contributed by atoms with van der Waals surface area (Å²) >= 11 is 0. The van der Waals surface area contributed by atoms with Gasteiger partial charge < -0.3 is 10.0 Å². The fourth-order valence-corrected chi connectivity index (χ4v) is 1.22. The maximum Gasteiger partial charge on any atom is 0.405 e. The van der Waals surface area contributed by atoms with Gasteiger partial charge >= 0.3 is 6.18 Å². The van der Waals surface area contributed by atoms with Gasteiger partial charge in [0, 0.05) is 6.54 Å². The quantitative estimate of drug-likeness (QED) is 0.850. The first kappa shape index (κ1) is 12.7. The normalized spacial score (nSPS) is 11.6. The van der Waals surface area contributed by atoms with Crippen LogP contribution in [0.4, 0.5) is 19.0 Å². The van der Waals surface area contributed by atoms with Crippen LogP contribution in [0.15, 0.2) is 12.3 Å². The van der Waals surface area contributed by atoms with Crippen LogP contribution in [0.3, 0.4) is 0 Å². The van der Waals surface area contributed by atoms with E-state index in [1.54, 1.807) is 6.92 Å². The molecule has 16 heavy (non-hydrogen) atoms. The number of alkyl halides is 3. The Bertz CT molecular complexity index is 343. The van der Waals surface area contributed by atoms with E-state index in [9.17, 15) is 13.2 Å². The van der Waals surface area contributed by atoms with Gasteiger partial charge in [-0.1, -0.05) is 0 Å². The number of aliphatic hydroxyl groups is 1. The van der Waals surface area contributed by atoms with E-state index in [1.807, 2.05) is 0 Å². The number of hydrogen-bond acceptors (Lipinski definition) is 4. The second-order valence-electron chi connectivity index (χ2n) is 3.35. The molecule has 0 aliphatic rings. The Morgan fingerprint density at radius 3 is 2.62 bits per heavy atom. The summed E-state index contributed by atoms with van der Waals surface area (Å²) in [6, 6.07) is 1.49. The van der Waals surface area contributed by atoms with Crippen molar-refractivity contribution < 1.29 is 18.3 Å². The molecule has 1 rings (SSSR count). The van der Waals surface area contributed by atoms with E-state index < -0.39 is 12.7 Å². The van der Waals surface area contributed by atoms with Crippen molar-refractivity contribution >= 4 is 5.82 Å². The molecular formula is C9H12F3N3O. The zero-order chi connectivity index (χ0) is 12.2. The van der Waals surface area contributed by atoms with Crippen LogP contribution in [0.5, 0.6) is 0 Å². The van der Waals surface area contributed by atoms with Crippen molar-refractivity contribution in [1.29, 1.82) is 0 Å². The summed E-state index contributed by atoms with van der Waals surface area (Å²) in [5, 5.41) is 15.9. The second kappa shape index (κ2) is 5.11. The maximum atomic E-state index is 12.2. The van der Waals surface area contributed by atoms with Crippen molar-refractivity contribution in [3.63, 3.8) is 0 Å². The second-order valence-corrected chi connectivity index (χ2v) is 3.35. The van der Waals surface area contributed by atoms with E-state index in [1.165, 1.54) is 12.3 Å². The minimum absolute atomic E-state index is 0.117. The SMILES string of the molecule is Cc1cnnc(N(CCO)CC(F)(F)F)c1. The fourth-order valence-electron chi connectivity index (χ4n) is 1.22. The predicted octanol–water partition coefficient (Wildman–Crippen LogP) is 1.15. The van der Waals surface area contributed by atoms with E-state index >= 15 is 0 Å². The Hall–Kier alpha value is -1.37. The summed E-state index contributed by atoms with van der Waals surface area (Å²) in [5.41, 5.74) is 0.718. The maximum absolute atomic E-state index is 12.2. The highest BCUT2D eigenvalue weighted by Gasteiger charge is 2.31. The summed E-state index contributed by atoms with van der Waals surface area (Å²) in [4.78, 5) is 0.944. The highest BCUT2D eigenvalue weighted by molar-refractivity contribution is 5.39. The summed E-state index contributed by atoms with van der Waals surface area (Å²) in [5.74, 6) is 0.117. The van der Waals surface area contributed by atoms with E-state index in [-0.39, 0.29) is 19.0 Å². The molecule has 0 aromatic carbocycles. The van der Waals surface area contributed by atoms with Crippen molar-refractivity contribution in [2.45, 2.75) is 13.1 Å². The van der Waals surface area contributed by atoms with Gasteiger partial charge in [-0.15, -0.1) is 5.10 Å². The Kier molecular flexibility index (Phi) is 4.05. The molecule has 0 amide bonds. The number of anilines is 1. The molecule has 0 bridgehead atoms. The number of aromatic nitrogens is 2. The van der Waals surface area contributed by atoms with Gasteiger partial charge in [0.2, 0.25) is 0 Å². The van der Waals surface area contributed by atoms with Crippen LogP contribution in [0.25, 0.3) is 0 Å². The molecular weight excluding hydrogens is 223 g/mol. The van der Waals surface area contributed by atoms with E-state index in [2.05, 4.69) is 10.2 Å². The molecule has 7 heteroatoms. The lowest BCUT2D eigenvalue weighted by Gasteiger charge is -2.23. The number of hydrogen-bond donors (Lipinski definition) is 1. The minimum Gasteiger partial charge on any atom is -0.395 e. The smallest absolute Gasteiger partial charge is 0.395 e. The molecule has 1 aromatic rings. The molecule has 0 fully saturated rings. The standard InChI is InChI=1S/C9H12F3N3O/c1-7-4-8(14-13-5-7)15(2-3-16)6-9(10,11)12/h4-5,16H,2-3,6H2,1H3. The zero-order valence-electron chi connectivity index (χ0n) is 8.70. The zero-order valence-corrected chi connectivity index (χ0v) is 8.70. The summed E-state index contributed by atoms with van der Waals surface area (Å²) in [6.45, 7) is 0.0674. The number of aryl methyl sites for hydroxylation is 1. The van der Waals surface area contributed by atoms with Crippen LogP contribution in [0, 0.1) is 6.92 Å². The van der Waals surface area contributed by atoms with E-state index in [0.29, 0.717) is 0 Å². The number of rotatable bonds is 4. The lowest BCUT2D eigenvalue weighted by atomic mass is 10.3. The molecule has 1 heterocycles. The highest BCUT2D eigenvalue weighted by atomic mass is 19.4. The van der Waals surface area contributed by atoms with Gasteiger partial charge in [-0.2, -0.15) is 18.3 Å². The van der Waals surface area contributed by atoms with Gasteiger partial charge in [0.05, 0.1) is 12.8 Å². The molecule has 0 atom stereocenters. The summed E-state index contributed by atoms with van der Waals surface area (Å²) in [7, 11) is 0. The third-order valence-electron chi connectivity index (χ3n) is 1.84. The van der Waals surface area contributed by atoms with Crippen LogP contribution in [-0.2, 0) is 0 Å².